The molecule has 2 aromatic rings. The number of guanidine groups is 1. The van der Waals surface area contributed by atoms with E-state index in [-0.39, 0.29) is 30.1 Å². The molecule has 0 bridgehead atoms. The largest absolute Gasteiger partial charge is 0.493 e. The highest BCUT2D eigenvalue weighted by Gasteiger charge is 2.13. The zero-order valence-corrected chi connectivity index (χ0v) is 22.6. The zero-order valence-electron chi connectivity index (χ0n) is 20.3. The van der Waals surface area contributed by atoms with E-state index in [0.29, 0.717) is 36.4 Å². The van der Waals surface area contributed by atoms with Crippen molar-refractivity contribution in [2.45, 2.75) is 32.9 Å². The molecule has 0 radical (unpaired) electrons. The van der Waals surface area contributed by atoms with Gasteiger partial charge in [0.1, 0.15) is 5.75 Å². The molecule has 8 nitrogen and oxygen atoms in total. The molecule has 0 saturated carbocycles. The molecule has 2 aromatic carbocycles. The van der Waals surface area contributed by atoms with E-state index in [9.17, 15) is 0 Å². The molecule has 0 aliphatic carbocycles. The lowest BCUT2D eigenvalue weighted by Crippen LogP contribution is -2.32. The average molecular weight is 573 g/mol. The first kappa shape index (κ1) is 28.6. The van der Waals surface area contributed by atoms with Gasteiger partial charge in [-0.25, -0.2) is 4.99 Å². The van der Waals surface area contributed by atoms with Crippen molar-refractivity contribution in [3.05, 3.63) is 42.0 Å². The van der Waals surface area contributed by atoms with Crippen molar-refractivity contribution in [1.29, 1.82) is 0 Å². The van der Waals surface area contributed by atoms with E-state index in [1.807, 2.05) is 50.2 Å². The SMILES string of the molecule is COCCCNC(=NCc1cc(OC)c(OC)c(OC)c1)Nc1ccc(OC(C)C)cc1.I. The third kappa shape index (κ3) is 9.55. The highest BCUT2D eigenvalue weighted by molar-refractivity contribution is 14.0. The molecule has 0 atom stereocenters. The van der Waals surface area contributed by atoms with Crippen LogP contribution in [0.15, 0.2) is 41.4 Å². The van der Waals surface area contributed by atoms with Crippen molar-refractivity contribution < 1.29 is 23.7 Å². The van der Waals surface area contributed by atoms with Gasteiger partial charge in [0.05, 0.1) is 34.0 Å². The summed E-state index contributed by atoms with van der Waals surface area (Å²) < 4.78 is 27.1. The fourth-order valence-corrected chi connectivity index (χ4v) is 2.99. The van der Waals surface area contributed by atoms with Crippen LogP contribution in [0.25, 0.3) is 0 Å². The number of nitrogens with one attached hydrogen (secondary N) is 2. The molecule has 0 amide bonds. The first-order valence-corrected chi connectivity index (χ1v) is 10.6. The van der Waals surface area contributed by atoms with Crippen LogP contribution in [0.3, 0.4) is 0 Å². The molecule has 0 fully saturated rings. The van der Waals surface area contributed by atoms with Gasteiger partial charge in [0, 0.05) is 25.9 Å². The van der Waals surface area contributed by atoms with Crippen LogP contribution in [0.1, 0.15) is 25.8 Å². The van der Waals surface area contributed by atoms with Crippen molar-refractivity contribution in [2.75, 3.05) is 46.9 Å². The minimum absolute atomic E-state index is 0. The predicted molar refractivity (Wildman–Crippen MR) is 143 cm³/mol. The lowest BCUT2D eigenvalue weighted by molar-refractivity contribution is 0.195. The van der Waals surface area contributed by atoms with Gasteiger partial charge in [0.15, 0.2) is 17.5 Å². The number of anilines is 1. The molecule has 184 valence electrons. The van der Waals surface area contributed by atoms with Gasteiger partial charge >= 0.3 is 0 Å². The molecule has 0 spiro atoms. The van der Waals surface area contributed by atoms with E-state index in [1.54, 1.807) is 28.4 Å². The van der Waals surface area contributed by atoms with Crippen LogP contribution in [0.2, 0.25) is 0 Å². The van der Waals surface area contributed by atoms with E-state index in [2.05, 4.69) is 10.6 Å². The smallest absolute Gasteiger partial charge is 0.203 e. The van der Waals surface area contributed by atoms with Crippen LogP contribution >= 0.6 is 24.0 Å². The number of benzene rings is 2. The van der Waals surface area contributed by atoms with Gasteiger partial charge in [0.25, 0.3) is 0 Å². The molecule has 2 rings (SSSR count). The standard InChI is InChI=1S/C24H35N3O5.HI/c1-17(2)32-20-10-8-19(9-11-20)27-24(25-12-7-13-28-3)26-16-18-14-21(29-4)23(31-6)22(15-18)30-5;/h8-11,14-15,17H,7,12-13,16H2,1-6H3,(H2,25,26,27);1H. The third-order valence-electron chi connectivity index (χ3n) is 4.45. The molecule has 2 N–H and O–H groups in total. The summed E-state index contributed by atoms with van der Waals surface area (Å²) in [6, 6.07) is 11.6. The second-order valence-corrected chi connectivity index (χ2v) is 7.29. The summed E-state index contributed by atoms with van der Waals surface area (Å²) in [5.41, 5.74) is 1.84. The Balaban J connectivity index is 0.00000544. The van der Waals surface area contributed by atoms with Gasteiger partial charge in [-0.15, -0.1) is 24.0 Å². The maximum absolute atomic E-state index is 5.71. The zero-order chi connectivity index (χ0) is 23.3. The lowest BCUT2D eigenvalue weighted by atomic mass is 10.2. The molecular formula is C24H36IN3O5. The Morgan fingerprint density at radius 3 is 2.09 bits per heavy atom. The highest BCUT2D eigenvalue weighted by atomic mass is 127. The summed E-state index contributed by atoms with van der Waals surface area (Å²) in [5.74, 6) is 3.24. The van der Waals surface area contributed by atoms with Crippen molar-refractivity contribution >= 4 is 35.6 Å². The molecule has 0 heterocycles. The number of rotatable bonds is 12. The van der Waals surface area contributed by atoms with Crippen molar-refractivity contribution in [3.8, 4) is 23.0 Å². The molecule has 0 aromatic heterocycles. The van der Waals surface area contributed by atoms with Crippen molar-refractivity contribution in [2.24, 2.45) is 4.99 Å². The summed E-state index contributed by atoms with van der Waals surface area (Å²) in [7, 11) is 6.48. The Hall–Kier alpha value is -2.40. The minimum atomic E-state index is 0. The third-order valence-corrected chi connectivity index (χ3v) is 4.45. The lowest BCUT2D eigenvalue weighted by Gasteiger charge is -2.15. The fraction of sp³-hybridized carbons (Fsp3) is 0.458. The number of ether oxygens (including phenoxy) is 5. The van der Waals surface area contributed by atoms with Crippen LogP contribution in [0.4, 0.5) is 5.69 Å². The molecule has 33 heavy (non-hydrogen) atoms. The number of hydrogen-bond donors (Lipinski definition) is 2. The number of methoxy groups -OCH3 is 4. The average Bonchev–Trinajstić information content (AvgIpc) is 2.80. The van der Waals surface area contributed by atoms with E-state index in [4.69, 9.17) is 28.7 Å². The summed E-state index contributed by atoms with van der Waals surface area (Å²) in [6.45, 7) is 5.83. The monoisotopic (exact) mass is 573 g/mol. The molecule has 0 saturated heterocycles. The first-order chi connectivity index (χ1) is 15.5. The van der Waals surface area contributed by atoms with Crippen LogP contribution in [-0.2, 0) is 11.3 Å². The summed E-state index contributed by atoms with van der Waals surface area (Å²) in [4.78, 5) is 4.73. The number of aliphatic imine (C=N–C) groups is 1. The van der Waals surface area contributed by atoms with Crippen molar-refractivity contribution in [3.63, 3.8) is 0 Å². The van der Waals surface area contributed by atoms with Crippen LogP contribution in [0, 0.1) is 0 Å². The minimum Gasteiger partial charge on any atom is -0.493 e. The Morgan fingerprint density at radius 2 is 1.58 bits per heavy atom. The molecule has 9 heteroatoms. The first-order valence-electron chi connectivity index (χ1n) is 10.6. The van der Waals surface area contributed by atoms with E-state index in [0.717, 1.165) is 30.0 Å². The molecule has 0 unspecified atom stereocenters. The van der Waals surface area contributed by atoms with Gasteiger partial charge in [-0.05, 0) is 62.2 Å². The van der Waals surface area contributed by atoms with Crippen LogP contribution < -0.4 is 29.6 Å². The Bertz CT molecular complexity index is 835. The second-order valence-electron chi connectivity index (χ2n) is 7.29. The molecule has 0 aliphatic heterocycles. The quantitative estimate of drug-likeness (QED) is 0.165. The van der Waals surface area contributed by atoms with Gasteiger partial charge in [-0.3, -0.25) is 0 Å². The van der Waals surface area contributed by atoms with E-state index in [1.165, 1.54) is 0 Å². The Morgan fingerprint density at radius 1 is 0.939 bits per heavy atom. The number of halogens is 1. The molecular weight excluding hydrogens is 537 g/mol. The normalized spacial score (nSPS) is 10.9. The van der Waals surface area contributed by atoms with Crippen molar-refractivity contribution in [1.82, 2.24) is 5.32 Å². The molecule has 0 aliphatic rings. The fourth-order valence-electron chi connectivity index (χ4n) is 2.99. The van der Waals surface area contributed by atoms with Crippen LogP contribution in [-0.4, -0.2) is 53.7 Å². The second kappa shape index (κ2) is 15.4. The summed E-state index contributed by atoms with van der Waals surface area (Å²) >= 11 is 0. The van der Waals surface area contributed by atoms with E-state index >= 15 is 0 Å². The van der Waals surface area contributed by atoms with Crippen LogP contribution in [0.5, 0.6) is 23.0 Å². The van der Waals surface area contributed by atoms with Gasteiger partial charge in [-0.1, -0.05) is 0 Å². The topological polar surface area (TPSA) is 82.6 Å². The maximum atomic E-state index is 5.71. The van der Waals surface area contributed by atoms with E-state index < -0.39 is 0 Å². The highest BCUT2D eigenvalue weighted by Crippen LogP contribution is 2.38. The summed E-state index contributed by atoms with van der Waals surface area (Å²) in [6.07, 6.45) is 0.995. The maximum Gasteiger partial charge on any atom is 0.203 e. The van der Waals surface area contributed by atoms with Gasteiger partial charge in [0.2, 0.25) is 5.75 Å². The Kier molecular flexibility index (Phi) is 13.4. The van der Waals surface area contributed by atoms with Gasteiger partial charge in [-0.2, -0.15) is 0 Å². The predicted octanol–water partition coefficient (Wildman–Crippen LogP) is 4.71. The van der Waals surface area contributed by atoms with Gasteiger partial charge < -0.3 is 34.3 Å². The number of nitrogens with zero attached hydrogens (tertiary/aromatic N) is 1. The number of hydrogen-bond acceptors (Lipinski definition) is 6. The summed E-state index contributed by atoms with van der Waals surface area (Å²) in [5, 5.41) is 6.68. The Labute approximate surface area is 214 Å².